The number of benzene rings is 1. The summed E-state index contributed by atoms with van der Waals surface area (Å²) in [6, 6.07) is 14.8. The maximum atomic E-state index is 4.36. The maximum absolute atomic E-state index is 4.36. The van der Waals surface area contributed by atoms with Crippen molar-refractivity contribution >= 4 is 5.96 Å². The van der Waals surface area contributed by atoms with Gasteiger partial charge in [0.05, 0.1) is 6.54 Å². The lowest BCUT2D eigenvalue weighted by atomic mass is 10.1. The molecule has 0 saturated heterocycles. The summed E-state index contributed by atoms with van der Waals surface area (Å²) in [6.07, 6.45) is 4.26. The largest absolute Gasteiger partial charge is 0.356 e. The summed E-state index contributed by atoms with van der Waals surface area (Å²) >= 11 is 0. The molecule has 0 saturated carbocycles. The van der Waals surface area contributed by atoms with Crippen LogP contribution in [-0.2, 0) is 20.0 Å². The topological polar surface area (TPSA) is 32.6 Å². The van der Waals surface area contributed by atoms with Crippen LogP contribution in [0.25, 0.3) is 0 Å². The van der Waals surface area contributed by atoms with Gasteiger partial charge in [0.1, 0.15) is 0 Å². The summed E-state index contributed by atoms with van der Waals surface area (Å²) in [5, 5.41) is 3.44. The highest BCUT2D eigenvalue weighted by molar-refractivity contribution is 5.79. The molecule has 0 spiro atoms. The number of hydrogen-bond donors (Lipinski definition) is 1. The molecule has 0 amide bonds. The van der Waals surface area contributed by atoms with E-state index in [1.807, 2.05) is 7.05 Å². The van der Waals surface area contributed by atoms with Crippen molar-refractivity contribution in [3.8, 4) is 0 Å². The fraction of sp³-hybridized carbons (Fsp3) is 0.389. The molecule has 0 unspecified atom stereocenters. The minimum absolute atomic E-state index is 0.849. The van der Waals surface area contributed by atoms with E-state index in [1.165, 1.54) is 11.3 Å². The number of aliphatic imine (C=N–C) groups is 1. The van der Waals surface area contributed by atoms with Crippen molar-refractivity contribution in [3.05, 3.63) is 59.9 Å². The molecule has 2 aromatic rings. The normalized spacial score (nSPS) is 11.5. The van der Waals surface area contributed by atoms with Gasteiger partial charge in [0, 0.05) is 39.6 Å². The lowest BCUT2D eigenvalue weighted by molar-refractivity contribution is 0.461. The Morgan fingerprint density at radius 1 is 1.18 bits per heavy atom. The van der Waals surface area contributed by atoms with Gasteiger partial charge >= 0.3 is 0 Å². The fourth-order valence-corrected chi connectivity index (χ4v) is 2.50. The van der Waals surface area contributed by atoms with Crippen LogP contribution < -0.4 is 5.32 Å². The smallest absolute Gasteiger partial charge is 0.193 e. The first-order valence-electron chi connectivity index (χ1n) is 7.76. The monoisotopic (exact) mass is 298 g/mol. The van der Waals surface area contributed by atoms with Crippen LogP contribution in [-0.4, -0.2) is 36.1 Å². The molecule has 22 heavy (non-hydrogen) atoms. The van der Waals surface area contributed by atoms with E-state index in [9.17, 15) is 0 Å². The van der Waals surface area contributed by atoms with E-state index in [0.29, 0.717) is 0 Å². The lowest BCUT2D eigenvalue weighted by Gasteiger charge is -2.22. The molecule has 0 atom stereocenters. The van der Waals surface area contributed by atoms with Crippen molar-refractivity contribution in [2.45, 2.75) is 19.4 Å². The second-order valence-electron chi connectivity index (χ2n) is 5.53. The second-order valence-corrected chi connectivity index (χ2v) is 5.53. The van der Waals surface area contributed by atoms with Crippen molar-refractivity contribution < 1.29 is 0 Å². The Kier molecular flexibility index (Phi) is 6.07. The number of nitrogens with zero attached hydrogens (tertiary/aromatic N) is 3. The minimum Gasteiger partial charge on any atom is -0.356 e. The molecule has 0 aliphatic rings. The molecule has 0 radical (unpaired) electrons. The van der Waals surface area contributed by atoms with Gasteiger partial charge in [-0.05, 0) is 30.5 Å². The molecule has 4 nitrogen and oxygen atoms in total. The predicted molar refractivity (Wildman–Crippen MR) is 93.0 cm³/mol. The average molecular weight is 298 g/mol. The van der Waals surface area contributed by atoms with Crippen LogP contribution >= 0.6 is 0 Å². The fourth-order valence-electron chi connectivity index (χ4n) is 2.50. The number of aromatic nitrogens is 1. The Balaban J connectivity index is 1.76. The summed E-state index contributed by atoms with van der Waals surface area (Å²) in [4.78, 5) is 6.52. The van der Waals surface area contributed by atoms with E-state index < -0.39 is 0 Å². The van der Waals surface area contributed by atoms with Gasteiger partial charge in [-0.15, -0.1) is 0 Å². The number of nitrogens with one attached hydrogen (secondary N) is 1. The molecule has 1 aromatic carbocycles. The highest BCUT2D eigenvalue weighted by Gasteiger charge is 2.07. The number of guanidine groups is 1. The molecular formula is C18H26N4. The van der Waals surface area contributed by atoms with Crippen molar-refractivity contribution in [1.82, 2.24) is 14.8 Å². The van der Waals surface area contributed by atoms with Crippen LogP contribution in [0.15, 0.2) is 53.7 Å². The van der Waals surface area contributed by atoms with Gasteiger partial charge < -0.3 is 14.8 Å². The van der Waals surface area contributed by atoms with Crippen molar-refractivity contribution in [1.29, 1.82) is 0 Å². The Morgan fingerprint density at radius 3 is 2.59 bits per heavy atom. The van der Waals surface area contributed by atoms with Crippen LogP contribution in [0.2, 0.25) is 0 Å². The van der Waals surface area contributed by atoms with E-state index >= 15 is 0 Å². The minimum atomic E-state index is 0.849. The van der Waals surface area contributed by atoms with Gasteiger partial charge in [-0.25, -0.2) is 0 Å². The first-order valence-corrected chi connectivity index (χ1v) is 7.76. The zero-order chi connectivity index (χ0) is 15.8. The highest BCUT2D eigenvalue weighted by Crippen LogP contribution is 2.04. The predicted octanol–water partition coefficient (Wildman–Crippen LogP) is 2.67. The summed E-state index contributed by atoms with van der Waals surface area (Å²) in [5.74, 6) is 0.939. The molecule has 118 valence electrons. The third-order valence-electron chi connectivity index (χ3n) is 3.79. The second kappa shape index (κ2) is 8.27. The number of hydrogen-bond acceptors (Lipinski definition) is 1. The van der Waals surface area contributed by atoms with Gasteiger partial charge in [-0.2, -0.15) is 0 Å². The van der Waals surface area contributed by atoms with Gasteiger partial charge in [0.25, 0.3) is 0 Å². The number of rotatable bonds is 6. The Hall–Kier alpha value is -2.23. The number of aryl methyl sites for hydroxylation is 2. The first kappa shape index (κ1) is 16.1. The third kappa shape index (κ3) is 4.65. The molecule has 0 aliphatic heterocycles. The molecule has 4 heteroatoms. The lowest BCUT2D eigenvalue weighted by Crippen LogP contribution is -2.39. The molecule has 1 aromatic heterocycles. The average Bonchev–Trinajstić information content (AvgIpc) is 2.93. The van der Waals surface area contributed by atoms with E-state index in [1.54, 1.807) is 0 Å². The van der Waals surface area contributed by atoms with E-state index in [-0.39, 0.29) is 0 Å². The Labute approximate surface area is 133 Å². The van der Waals surface area contributed by atoms with Gasteiger partial charge in [-0.3, -0.25) is 4.99 Å². The molecule has 0 bridgehead atoms. The van der Waals surface area contributed by atoms with E-state index in [0.717, 1.165) is 31.9 Å². The van der Waals surface area contributed by atoms with Gasteiger partial charge in [0.15, 0.2) is 5.96 Å². The SMILES string of the molecule is CN=C(NCCCc1ccccc1)N(C)Cc1cccn1C. The molecule has 1 heterocycles. The zero-order valence-electron chi connectivity index (χ0n) is 13.8. The van der Waals surface area contributed by atoms with Crippen molar-refractivity contribution in [2.75, 3.05) is 20.6 Å². The van der Waals surface area contributed by atoms with Gasteiger partial charge in [0.2, 0.25) is 0 Å². The standard InChI is InChI=1S/C18H26N4/c1-19-18(22(3)15-17-12-8-14-21(17)2)20-13-7-11-16-9-5-4-6-10-16/h4-6,8-10,12,14H,7,11,13,15H2,1-3H3,(H,19,20). The summed E-state index contributed by atoms with van der Waals surface area (Å²) < 4.78 is 2.14. The summed E-state index contributed by atoms with van der Waals surface area (Å²) in [7, 11) is 5.97. The first-order chi connectivity index (χ1) is 10.7. The molecule has 1 N–H and O–H groups in total. The van der Waals surface area contributed by atoms with E-state index in [4.69, 9.17) is 0 Å². The Bertz CT molecular complexity index is 586. The van der Waals surface area contributed by atoms with Crippen molar-refractivity contribution in [3.63, 3.8) is 0 Å². The van der Waals surface area contributed by atoms with Crippen molar-refractivity contribution in [2.24, 2.45) is 12.0 Å². The molecule has 0 fully saturated rings. The summed E-state index contributed by atoms with van der Waals surface area (Å²) in [5.41, 5.74) is 2.66. The van der Waals surface area contributed by atoms with Crippen LogP contribution in [0.5, 0.6) is 0 Å². The zero-order valence-corrected chi connectivity index (χ0v) is 13.8. The van der Waals surface area contributed by atoms with Crippen LogP contribution in [0, 0.1) is 0 Å². The Morgan fingerprint density at radius 2 is 1.95 bits per heavy atom. The molecular weight excluding hydrogens is 272 g/mol. The van der Waals surface area contributed by atoms with Crippen LogP contribution in [0.3, 0.4) is 0 Å². The van der Waals surface area contributed by atoms with Crippen LogP contribution in [0.1, 0.15) is 17.7 Å². The molecule has 2 rings (SSSR count). The maximum Gasteiger partial charge on any atom is 0.193 e. The quantitative estimate of drug-likeness (QED) is 0.505. The summed E-state index contributed by atoms with van der Waals surface area (Å²) in [6.45, 7) is 1.78. The van der Waals surface area contributed by atoms with Crippen LogP contribution in [0.4, 0.5) is 0 Å². The van der Waals surface area contributed by atoms with Gasteiger partial charge in [-0.1, -0.05) is 30.3 Å². The molecule has 0 aliphatic carbocycles. The third-order valence-corrected chi connectivity index (χ3v) is 3.79. The highest BCUT2D eigenvalue weighted by atomic mass is 15.3. The van der Waals surface area contributed by atoms with E-state index in [2.05, 4.69) is 82.5 Å².